The number of hydrogen-bond donors (Lipinski definition) is 0. The van der Waals surface area contributed by atoms with Gasteiger partial charge in [-0.25, -0.2) is 0 Å². The standard InChI is InChI=1S/C23H34O2/c1-3-5-6-8-18-9-11-19(12-10-18)20-13-15-21(16-14-20)23(25)17-22(24)7-4-2/h13-16,18-19H,3-12,17H2,1-2H3. The lowest BCUT2D eigenvalue weighted by Crippen LogP contribution is -2.13. The van der Waals surface area contributed by atoms with Crippen LogP contribution in [0.4, 0.5) is 0 Å². The number of carbonyl (C=O) groups is 2. The van der Waals surface area contributed by atoms with E-state index >= 15 is 0 Å². The summed E-state index contributed by atoms with van der Waals surface area (Å²) in [4.78, 5) is 23.8. The Morgan fingerprint density at radius 2 is 1.60 bits per heavy atom. The van der Waals surface area contributed by atoms with Gasteiger partial charge in [0.15, 0.2) is 5.78 Å². The molecule has 1 aromatic rings. The van der Waals surface area contributed by atoms with E-state index in [9.17, 15) is 9.59 Å². The van der Waals surface area contributed by atoms with Crippen LogP contribution >= 0.6 is 0 Å². The zero-order chi connectivity index (χ0) is 18.1. The molecule has 2 heteroatoms. The third kappa shape index (κ3) is 6.41. The Hall–Kier alpha value is -1.44. The van der Waals surface area contributed by atoms with Gasteiger partial charge in [0, 0.05) is 12.0 Å². The maximum atomic E-state index is 12.2. The minimum Gasteiger partial charge on any atom is -0.299 e. The van der Waals surface area contributed by atoms with Crippen LogP contribution in [0.2, 0.25) is 0 Å². The van der Waals surface area contributed by atoms with Crippen molar-refractivity contribution in [3.8, 4) is 0 Å². The molecule has 0 radical (unpaired) electrons. The first-order valence-electron chi connectivity index (χ1n) is 10.3. The van der Waals surface area contributed by atoms with Crippen LogP contribution in [0.3, 0.4) is 0 Å². The fourth-order valence-electron chi connectivity index (χ4n) is 4.06. The molecule has 0 aromatic heterocycles. The van der Waals surface area contributed by atoms with Crippen molar-refractivity contribution < 1.29 is 9.59 Å². The number of ketones is 2. The van der Waals surface area contributed by atoms with Crippen molar-refractivity contribution in [2.45, 2.75) is 90.4 Å². The third-order valence-corrected chi connectivity index (χ3v) is 5.65. The molecule has 25 heavy (non-hydrogen) atoms. The molecule has 2 rings (SSSR count). The predicted octanol–water partition coefficient (Wildman–Crippen LogP) is 6.48. The zero-order valence-electron chi connectivity index (χ0n) is 16.1. The fraction of sp³-hybridized carbons (Fsp3) is 0.652. The SMILES string of the molecule is CCCCCC1CCC(c2ccc(C(=O)CC(=O)CCC)cc2)CC1. The van der Waals surface area contributed by atoms with Gasteiger partial charge in [0.05, 0.1) is 6.42 Å². The van der Waals surface area contributed by atoms with E-state index in [4.69, 9.17) is 0 Å². The van der Waals surface area contributed by atoms with Crippen LogP contribution in [0.1, 0.15) is 106 Å². The molecule has 0 N–H and O–H groups in total. The molecule has 1 fully saturated rings. The van der Waals surface area contributed by atoms with Crippen molar-refractivity contribution in [1.82, 2.24) is 0 Å². The van der Waals surface area contributed by atoms with E-state index in [2.05, 4.69) is 19.1 Å². The molecule has 0 bridgehead atoms. The van der Waals surface area contributed by atoms with E-state index in [1.54, 1.807) is 0 Å². The quantitative estimate of drug-likeness (QED) is 0.277. The minimum atomic E-state index is -0.0374. The van der Waals surface area contributed by atoms with Crippen molar-refractivity contribution >= 4 is 11.6 Å². The van der Waals surface area contributed by atoms with Gasteiger partial charge < -0.3 is 0 Å². The maximum absolute atomic E-state index is 12.2. The average molecular weight is 343 g/mol. The minimum absolute atomic E-state index is 0.0374. The Morgan fingerprint density at radius 1 is 0.920 bits per heavy atom. The second-order valence-corrected chi connectivity index (χ2v) is 7.72. The molecule has 1 aliphatic rings. The van der Waals surface area contributed by atoms with Crippen LogP contribution in [0.15, 0.2) is 24.3 Å². The maximum Gasteiger partial charge on any atom is 0.170 e. The van der Waals surface area contributed by atoms with Gasteiger partial charge in [0.25, 0.3) is 0 Å². The summed E-state index contributed by atoms with van der Waals surface area (Å²) in [5, 5.41) is 0. The van der Waals surface area contributed by atoms with Crippen molar-refractivity contribution in [2.24, 2.45) is 5.92 Å². The largest absolute Gasteiger partial charge is 0.299 e. The number of hydrogen-bond acceptors (Lipinski definition) is 2. The lowest BCUT2D eigenvalue weighted by atomic mass is 9.77. The molecule has 2 nitrogen and oxygen atoms in total. The smallest absolute Gasteiger partial charge is 0.170 e. The fourth-order valence-corrected chi connectivity index (χ4v) is 4.06. The molecule has 0 unspecified atom stereocenters. The highest BCUT2D eigenvalue weighted by Crippen LogP contribution is 2.37. The molecule has 0 spiro atoms. The molecule has 0 atom stereocenters. The highest BCUT2D eigenvalue weighted by atomic mass is 16.1. The average Bonchev–Trinajstić information content (AvgIpc) is 2.63. The molecule has 0 heterocycles. The number of Topliss-reactive ketones (excluding diaryl/α,β-unsaturated/α-hetero) is 2. The van der Waals surface area contributed by atoms with Gasteiger partial charge in [-0.15, -0.1) is 0 Å². The predicted molar refractivity (Wildman–Crippen MR) is 104 cm³/mol. The number of carbonyl (C=O) groups excluding carboxylic acids is 2. The highest BCUT2D eigenvalue weighted by Gasteiger charge is 2.22. The van der Waals surface area contributed by atoms with Crippen molar-refractivity contribution in [3.05, 3.63) is 35.4 Å². The lowest BCUT2D eigenvalue weighted by Gasteiger charge is -2.29. The zero-order valence-corrected chi connectivity index (χ0v) is 16.1. The molecule has 1 aliphatic carbocycles. The van der Waals surface area contributed by atoms with Crippen LogP contribution in [-0.2, 0) is 4.79 Å². The van der Waals surface area contributed by atoms with Gasteiger partial charge in [0.2, 0.25) is 0 Å². The summed E-state index contributed by atoms with van der Waals surface area (Å²) in [6, 6.07) is 8.06. The summed E-state index contributed by atoms with van der Waals surface area (Å²) < 4.78 is 0. The Balaban J connectivity index is 1.82. The van der Waals surface area contributed by atoms with Gasteiger partial charge in [-0.2, -0.15) is 0 Å². The van der Waals surface area contributed by atoms with Crippen LogP contribution in [0, 0.1) is 5.92 Å². The van der Waals surface area contributed by atoms with Crippen LogP contribution in [0.25, 0.3) is 0 Å². The van der Waals surface area contributed by atoms with Crippen LogP contribution < -0.4 is 0 Å². The highest BCUT2D eigenvalue weighted by molar-refractivity contribution is 6.07. The van der Waals surface area contributed by atoms with E-state index < -0.39 is 0 Å². The molecule has 138 valence electrons. The second-order valence-electron chi connectivity index (χ2n) is 7.72. The summed E-state index contributed by atoms with van der Waals surface area (Å²) in [5.41, 5.74) is 2.05. The van der Waals surface area contributed by atoms with E-state index in [0.29, 0.717) is 17.9 Å². The molecule has 1 aromatic carbocycles. The Labute approximate surface area is 153 Å². The molecule has 1 saturated carbocycles. The molecular formula is C23H34O2. The number of rotatable bonds is 10. The number of unbranched alkanes of at least 4 members (excludes halogenated alkanes) is 2. The monoisotopic (exact) mass is 342 g/mol. The Morgan fingerprint density at radius 3 is 2.20 bits per heavy atom. The summed E-state index contributed by atoms with van der Waals surface area (Å²) in [5.74, 6) is 1.59. The van der Waals surface area contributed by atoms with Crippen molar-refractivity contribution in [2.75, 3.05) is 0 Å². The summed E-state index contributed by atoms with van der Waals surface area (Å²) in [7, 11) is 0. The van der Waals surface area contributed by atoms with Gasteiger partial charge in [-0.3, -0.25) is 9.59 Å². The first-order valence-corrected chi connectivity index (χ1v) is 10.3. The topological polar surface area (TPSA) is 34.1 Å². The molecule has 0 amide bonds. The number of benzene rings is 1. The van der Waals surface area contributed by atoms with Gasteiger partial charge in [-0.05, 0) is 49.5 Å². The first kappa shape index (κ1) is 19.9. The van der Waals surface area contributed by atoms with Gasteiger partial charge in [0.1, 0.15) is 5.78 Å². The van der Waals surface area contributed by atoms with E-state index in [1.807, 2.05) is 19.1 Å². The van der Waals surface area contributed by atoms with Gasteiger partial charge >= 0.3 is 0 Å². The second kappa shape index (κ2) is 10.5. The molecule has 0 aliphatic heterocycles. The Bertz CT molecular complexity index is 536. The van der Waals surface area contributed by atoms with Crippen LogP contribution in [-0.4, -0.2) is 11.6 Å². The first-order chi connectivity index (χ1) is 12.1. The van der Waals surface area contributed by atoms with E-state index in [-0.39, 0.29) is 18.0 Å². The normalized spacial score (nSPS) is 20.4. The van der Waals surface area contributed by atoms with Crippen LogP contribution in [0.5, 0.6) is 0 Å². The lowest BCUT2D eigenvalue weighted by molar-refractivity contribution is -0.118. The molecular weight excluding hydrogens is 308 g/mol. The van der Waals surface area contributed by atoms with E-state index in [1.165, 1.54) is 56.9 Å². The van der Waals surface area contributed by atoms with Gasteiger partial charge in [-0.1, -0.05) is 63.8 Å². The third-order valence-electron chi connectivity index (χ3n) is 5.65. The summed E-state index contributed by atoms with van der Waals surface area (Å²) in [6.07, 6.45) is 12.1. The Kier molecular flexibility index (Phi) is 8.37. The molecule has 0 saturated heterocycles. The summed E-state index contributed by atoms with van der Waals surface area (Å²) in [6.45, 7) is 4.24. The van der Waals surface area contributed by atoms with Crippen molar-refractivity contribution in [1.29, 1.82) is 0 Å². The van der Waals surface area contributed by atoms with E-state index in [0.717, 1.165) is 12.3 Å². The summed E-state index contributed by atoms with van der Waals surface area (Å²) >= 11 is 0. The van der Waals surface area contributed by atoms with Crippen molar-refractivity contribution in [3.63, 3.8) is 0 Å².